The lowest BCUT2D eigenvalue weighted by atomic mass is 9.94. The van der Waals surface area contributed by atoms with E-state index in [1.165, 1.54) is 0 Å². The third kappa shape index (κ3) is 7.19. The van der Waals surface area contributed by atoms with Gasteiger partial charge in [-0.05, 0) is 72.4 Å². The van der Waals surface area contributed by atoms with E-state index < -0.39 is 6.04 Å². The molecule has 11 heteroatoms. The standard InChI is InChI=1S/C30H38BrN5O4S/c1-6-9-15-40-27-21(31)17-20(18-24(27)38-5)26-25(28(37)33-22-13-11-12-14-23(22)39-8-3)19(4)32-29-34-30(35-36(26)29)41-16-10-7-2/h11-14,17-18,26H,6-10,15-16H2,1-5H3,(H,33,37)(H,32,34,35). The average Bonchev–Trinajstić information content (AvgIpc) is 3.36. The number of hydrogen-bond acceptors (Lipinski definition) is 8. The number of aromatic nitrogens is 3. The van der Waals surface area contributed by atoms with E-state index in [-0.39, 0.29) is 5.91 Å². The number of carbonyl (C=O) groups excluding carboxylic acids is 1. The zero-order valence-electron chi connectivity index (χ0n) is 24.3. The van der Waals surface area contributed by atoms with Gasteiger partial charge in [0.15, 0.2) is 11.5 Å². The Morgan fingerprint density at radius 3 is 2.63 bits per heavy atom. The first-order valence-electron chi connectivity index (χ1n) is 14.0. The molecule has 3 aromatic rings. The van der Waals surface area contributed by atoms with Gasteiger partial charge >= 0.3 is 0 Å². The molecule has 0 saturated carbocycles. The predicted molar refractivity (Wildman–Crippen MR) is 167 cm³/mol. The number of allylic oxidation sites excluding steroid dienone is 1. The largest absolute Gasteiger partial charge is 0.493 e. The van der Waals surface area contributed by atoms with Crippen molar-refractivity contribution in [1.82, 2.24) is 14.8 Å². The molecule has 0 spiro atoms. The van der Waals surface area contributed by atoms with Gasteiger partial charge in [-0.3, -0.25) is 4.79 Å². The molecule has 0 fully saturated rings. The SMILES string of the molecule is CCCCOc1c(Br)cc(C2C(C(=O)Nc3ccccc3OCC)=C(C)Nc3nc(SCCCC)nn32)cc1OC. The van der Waals surface area contributed by atoms with E-state index in [0.29, 0.717) is 58.5 Å². The summed E-state index contributed by atoms with van der Waals surface area (Å²) in [5.41, 5.74) is 2.59. The Bertz CT molecular complexity index is 1390. The summed E-state index contributed by atoms with van der Waals surface area (Å²) in [5, 5.41) is 11.9. The number of halogens is 1. The molecule has 0 aliphatic carbocycles. The zero-order valence-corrected chi connectivity index (χ0v) is 26.7. The van der Waals surface area contributed by atoms with Crippen LogP contribution in [-0.4, -0.2) is 46.7 Å². The van der Waals surface area contributed by atoms with Crippen molar-refractivity contribution < 1.29 is 19.0 Å². The van der Waals surface area contributed by atoms with Gasteiger partial charge in [0.25, 0.3) is 5.91 Å². The molecule has 1 aromatic heterocycles. The monoisotopic (exact) mass is 643 g/mol. The molecule has 41 heavy (non-hydrogen) atoms. The van der Waals surface area contributed by atoms with E-state index in [0.717, 1.165) is 41.5 Å². The summed E-state index contributed by atoms with van der Waals surface area (Å²) in [5.74, 6) is 3.04. The normalized spacial score (nSPS) is 14.3. The molecule has 2 aromatic carbocycles. The van der Waals surface area contributed by atoms with Gasteiger partial charge in [-0.2, -0.15) is 4.98 Å². The molecular weight excluding hydrogens is 606 g/mol. The fraction of sp³-hybridized carbons (Fsp3) is 0.433. The summed E-state index contributed by atoms with van der Waals surface area (Å²) in [6, 6.07) is 10.7. The first-order chi connectivity index (χ1) is 19.9. The second-order valence-electron chi connectivity index (χ2n) is 9.55. The second kappa shape index (κ2) is 14.6. The molecule has 220 valence electrons. The molecule has 1 aliphatic heterocycles. The van der Waals surface area contributed by atoms with E-state index >= 15 is 0 Å². The van der Waals surface area contributed by atoms with Crippen LogP contribution in [0, 0.1) is 0 Å². The van der Waals surface area contributed by atoms with Crippen LogP contribution >= 0.6 is 27.7 Å². The summed E-state index contributed by atoms with van der Waals surface area (Å²) < 4.78 is 20.1. The third-order valence-electron chi connectivity index (χ3n) is 6.55. The van der Waals surface area contributed by atoms with Gasteiger partial charge in [0.1, 0.15) is 11.8 Å². The molecule has 1 amide bonds. The van der Waals surface area contributed by atoms with Crippen LogP contribution in [-0.2, 0) is 4.79 Å². The number of hydrogen-bond donors (Lipinski definition) is 2. The lowest BCUT2D eigenvalue weighted by molar-refractivity contribution is -0.113. The summed E-state index contributed by atoms with van der Waals surface area (Å²) in [7, 11) is 1.61. The number of thioether (sulfide) groups is 1. The van der Waals surface area contributed by atoms with Crippen molar-refractivity contribution in [2.24, 2.45) is 0 Å². The number of anilines is 2. The maximum Gasteiger partial charge on any atom is 0.255 e. The minimum atomic E-state index is -0.576. The average molecular weight is 645 g/mol. The molecule has 4 rings (SSSR count). The highest BCUT2D eigenvalue weighted by atomic mass is 79.9. The number of methoxy groups -OCH3 is 1. The highest BCUT2D eigenvalue weighted by Crippen LogP contribution is 2.43. The number of amides is 1. The van der Waals surface area contributed by atoms with E-state index in [9.17, 15) is 4.79 Å². The van der Waals surface area contributed by atoms with E-state index in [1.807, 2.05) is 50.2 Å². The predicted octanol–water partition coefficient (Wildman–Crippen LogP) is 7.45. The second-order valence-corrected chi connectivity index (χ2v) is 11.5. The zero-order chi connectivity index (χ0) is 29.4. The Morgan fingerprint density at radius 1 is 1.12 bits per heavy atom. The molecule has 0 saturated heterocycles. The molecule has 0 radical (unpaired) electrons. The van der Waals surface area contributed by atoms with Crippen LogP contribution < -0.4 is 24.8 Å². The number of fused-ring (bicyclic) bond motifs is 1. The van der Waals surface area contributed by atoms with Gasteiger partial charge in [0.05, 0.1) is 36.1 Å². The summed E-state index contributed by atoms with van der Waals surface area (Å²) in [6.07, 6.45) is 4.12. The summed E-state index contributed by atoms with van der Waals surface area (Å²) in [6.45, 7) is 9.14. The molecule has 9 nitrogen and oxygen atoms in total. The smallest absolute Gasteiger partial charge is 0.255 e. The Morgan fingerprint density at radius 2 is 1.90 bits per heavy atom. The Kier molecular flexibility index (Phi) is 11.0. The van der Waals surface area contributed by atoms with Crippen LogP contribution in [0.1, 0.15) is 65.0 Å². The molecule has 1 atom stereocenters. The number of para-hydroxylation sites is 2. The van der Waals surface area contributed by atoms with Crippen LogP contribution in [0.15, 0.2) is 57.3 Å². The van der Waals surface area contributed by atoms with Crippen LogP contribution in [0.4, 0.5) is 11.6 Å². The molecular formula is C30H38BrN5O4S. The molecule has 1 unspecified atom stereocenters. The minimum Gasteiger partial charge on any atom is -0.493 e. The number of unbranched alkanes of at least 4 members (excludes halogenated alkanes) is 2. The number of benzene rings is 2. The third-order valence-corrected chi connectivity index (χ3v) is 8.07. The van der Waals surface area contributed by atoms with E-state index in [1.54, 1.807) is 23.6 Å². The fourth-order valence-electron chi connectivity index (χ4n) is 4.50. The van der Waals surface area contributed by atoms with Gasteiger partial charge in [0, 0.05) is 11.4 Å². The van der Waals surface area contributed by atoms with E-state index in [4.69, 9.17) is 24.3 Å². The van der Waals surface area contributed by atoms with E-state index in [2.05, 4.69) is 40.4 Å². The molecule has 2 N–H and O–H groups in total. The van der Waals surface area contributed by atoms with Crippen molar-refractivity contribution in [2.45, 2.75) is 64.6 Å². The Hall–Kier alpha value is -3.18. The van der Waals surface area contributed by atoms with Crippen LogP contribution in [0.25, 0.3) is 0 Å². The van der Waals surface area contributed by atoms with Crippen molar-refractivity contribution >= 4 is 45.2 Å². The first-order valence-corrected chi connectivity index (χ1v) is 15.8. The van der Waals surface area contributed by atoms with Gasteiger partial charge < -0.3 is 24.8 Å². The lowest BCUT2D eigenvalue weighted by Crippen LogP contribution is -2.31. The van der Waals surface area contributed by atoms with Crippen molar-refractivity contribution in [3.63, 3.8) is 0 Å². The number of rotatable bonds is 14. The fourth-order valence-corrected chi connectivity index (χ4v) is 5.99. The quantitative estimate of drug-likeness (QED) is 0.138. The van der Waals surface area contributed by atoms with Gasteiger partial charge in [0.2, 0.25) is 11.1 Å². The van der Waals surface area contributed by atoms with Gasteiger partial charge in [-0.15, -0.1) is 5.10 Å². The molecule has 2 heterocycles. The highest BCUT2D eigenvalue weighted by Gasteiger charge is 2.35. The van der Waals surface area contributed by atoms with Crippen LogP contribution in [0.3, 0.4) is 0 Å². The topological polar surface area (TPSA) is 99.5 Å². The first kappa shape index (κ1) is 30.8. The van der Waals surface area contributed by atoms with Crippen molar-refractivity contribution in [1.29, 1.82) is 0 Å². The highest BCUT2D eigenvalue weighted by molar-refractivity contribution is 9.10. The Balaban J connectivity index is 1.78. The number of nitrogens with one attached hydrogen (secondary N) is 2. The Labute approximate surface area is 254 Å². The molecule has 1 aliphatic rings. The molecule has 0 bridgehead atoms. The van der Waals surface area contributed by atoms with Crippen molar-refractivity contribution in [3.05, 3.63) is 57.7 Å². The summed E-state index contributed by atoms with van der Waals surface area (Å²) in [4.78, 5) is 18.8. The van der Waals surface area contributed by atoms with Crippen molar-refractivity contribution in [2.75, 3.05) is 36.7 Å². The summed E-state index contributed by atoms with van der Waals surface area (Å²) >= 11 is 5.30. The number of nitrogens with zero attached hydrogens (tertiary/aromatic N) is 3. The van der Waals surface area contributed by atoms with Crippen LogP contribution in [0.5, 0.6) is 17.2 Å². The van der Waals surface area contributed by atoms with Gasteiger partial charge in [-0.25, -0.2) is 4.68 Å². The lowest BCUT2D eigenvalue weighted by Gasteiger charge is -2.29. The number of ether oxygens (including phenoxy) is 3. The van der Waals surface area contributed by atoms with Gasteiger partial charge in [-0.1, -0.05) is 50.6 Å². The van der Waals surface area contributed by atoms with Crippen LogP contribution in [0.2, 0.25) is 0 Å². The number of carbonyl (C=O) groups is 1. The maximum absolute atomic E-state index is 14.0. The maximum atomic E-state index is 14.0. The minimum absolute atomic E-state index is 0.271. The van der Waals surface area contributed by atoms with Crippen molar-refractivity contribution in [3.8, 4) is 17.2 Å².